The fourth-order valence-electron chi connectivity index (χ4n) is 6.11. The summed E-state index contributed by atoms with van der Waals surface area (Å²) in [5.41, 5.74) is 19.5. The molecule has 3 atom stereocenters. The number of carbonyl (C=O) groups is 2. The lowest BCUT2D eigenvalue weighted by Crippen LogP contribution is -2.53. The first-order valence-corrected chi connectivity index (χ1v) is 14.6. The quantitative estimate of drug-likeness (QED) is 0.203. The molecule has 6 rings (SSSR count). The molecule has 0 saturated carbocycles. The van der Waals surface area contributed by atoms with Gasteiger partial charge in [-0.25, -0.2) is 0 Å². The van der Waals surface area contributed by atoms with Crippen LogP contribution in [0.25, 0.3) is 10.1 Å². The molecule has 1 fully saturated rings. The van der Waals surface area contributed by atoms with Crippen molar-refractivity contribution in [3.63, 3.8) is 0 Å². The first kappa shape index (κ1) is 29.1. The summed E-state index contributed by atoms with van der Waals surface area (Å²) in [6.45, 7) is 3.24. The molecule has 2 heterocycles. The molecule has 4 aromatic rings. The summed E-state index contributed by atoms with van der Waals surface area (Å²) in [7, 11) is 0. The number of aryl methyl sites for hydroxylation is 1. The Morgan fingerprint density at radius 2 is 1.88 bits per heavy atom. The average molecular weight is 610 g/mol. The molecule has 0 radical (unpaired) electrons. The van der Waals surface area contributed by atoms with Crippen LogP contribution < -0.4 is 32.6 Å². The van der Waals surface area contributed by atoms with Gasteiger partial charge in [-0.05, 0) is 73.3 Å². The third kappa shape index (κ3) is 4.84. The molecule has 3 aromatic carbocycles. The highest BCUT2D eigenvalue weighted by Crippen LogP contribution is 2.50. The van der Waals surface area contributed by atoms with E-state index in [2.05, 4.69) is 10.6 Å². The highest BCUT2D eigenvalue weighted by molar-refractivity contribution is 7.21. The first-order valence-electron chi connectivity index (χ1n) is 13.8. The number of nitrogens with one attached hydrogen (secondary N) is 2. The minimum absolute atomic E-state index is 0.0499. The number of ether oxygens (including phenoxy) is 1. The number of rotatable bonds is 5. The Bertz CT molecular complexity index is 1770. The van der Waals surface area contributed by atoms with Crippen LogP contribution in [0.4, 0.5) is 18.9 Å². The molecular weight excluding hydrogens is 579 g/mol. The van der Waals surface area contributed by atoms with Crippen molar-refractivity contribution in [2.24, 2.45) is 11.5 Å². The second-order valence-corrected chi connectivity index (χ2v) is 12.0. The van der Waals surface area contributed by atoms with Gasteiger partial charge >= 0.3 is 6.18 Å². The van der Waals surface area contributed by atoms with Crippen molar-refractivity contribution in [1.82, 2.24) is 10.6 Å². The van der Waals surface area contributed by atoms with Gasteiger partial charge in [-0.15, -0.1) is 11.3 Å². The molecule has 1 aliphatic carbocycles. The van der Waals surface area contributed by atoms with Gasteiger partial charge in [0.25, 0.3) is 5.91 Å². The van der Waals surface area contributed by atoms with E-state index in [9.17, 15) is 22.8 Å². The number of nitrogens with two attached hydrogens (primary N) is 3. The second-order valence-electron chi connectivity index (χ2n) is 11.0. The third-order valence-electron chi connectivity index (χ3n) is 8.19. The molecule has 0 bridgehead atoms. The summed E-state index contributed by atoms with van der Waals surface area (Å²) in [5, 5.41) is 6.90. The van der Waals surface area contributed by atoms with Crippen LogP contribution in [0.5, 0.6) is 11.5 Å². The zero-order chi connectivity index (χ0) is 30.7. The fourth-order valence-corrected chi connectivity index (χ4v) is 7.32. The highest BCUT2D eigenvalue weighted by atomic mass is 32.1. The zero-order valence-electron chi connectivity index (χ0n) is 23.2. The lowest BCUT2D eigenvalue weighted by atomic mass is 9.69. The largest absolute Gasteiger partial charge is 0.457 e. The van der Waals surface area contributed by atoms with E-state index in [1.54, 1.807) is 25.1 Å². The fraction of sp³-hybridized carbons (Fsp3) is 0.290. The summed E-state index contributed by atoms with van der Waals surface area (Å²) >= 11 is 1.18. The maximum Gasteiger partial charge on any atom is 0.419 e. The van der Waals surface area contributed by atoms with Gasteiger partial charge < -0.3 is 32.6 Å². The predicted molar refractivity (Wildman–Crippen MR) is 159 cm³/mol. The molecule has 1 aromatic heterocycles. The number of Topliss-reactive ketones (excluding diaryl/α,β-unsaturated/α-hetero) is 1. The Hall–Kier alpha value is -3.97. The van der Waals surface area contributed by atoms with Gasteiger partial charge in [-0.3, -0.25) is 9.59 Å². The van der Waals surface area contributed by atoms with Gasteiger partial charge in [0.15, 0.2) is 5.78 Å². The molecule has 1 aliphatic heterocycles. The number of benzene rings is 3. The van der Waals surface area contributed by atoms with Gasteiger partial charge in [0.1, 0.15) is 17.0 Å². The van der Waals surface area contributed by atoms with Crippen molar-refractivity contribution in [2.45, 2.75) is 43.6 Å². The van der Waals surface area contributed by atoms with Crippen molar-refractivity contribution < 1.29 is 27.5 Å². The molecule has 1 amide bonds. The number of amides is 1. The molecular formula is C31H30F3N5O3S. The lowest BCUT2D eigenvalue weighted by molar-refractivity contribution is -0.138. The summed E-state index contributed by atoms with van der Waals surface area (Å²) in [4.78, 5) is 27.9. The van der Waals surface area contributed by atoms with E-state index in [0.717, 1.165) is 25.5 Å². The Morgan fingerprint density at radius 1 is 1.14 bits per heavy atom. The lowest BCUT2D eigenvalue weighted by Gasteiger charge is -2.37. The number of piperidine rings is 1. The van der Waals surface area contributed by atoms with Crippen LogP contribution in [-0.4, -0.2) is 30.8 Å². The summed E-state index contributed by atoms with van der Waals surface area (Å²) < 4.78 is 46.8. The molecule has 8 nitrogen and oxygen atoms in total. The molecule has 3 unspecified atom stereocenters. The summed E-state index contributed by atoms with van der Waals surface area (Å²) in [5.74, 6) is -1.04. The van der Waals surface area contributed by atoms with Crippen molar-refractivity contribution in [1.29, 1.82) is 0 Å². The molecule has 8 N–H and O–H groups in total. The molecule has 224 valence electrons. The Morgan fingerprint density at radius 3 is 2.58 bits per heavy atom. The zero-order valence-corrected chi connectivity index (χ0v) is 24.0. The summed E-state index contributed by atoms with van der Waals surface area (Å²) in [6, 6.07) is 11.5. The van der Waals surface area contributed by atoms with E-state index in [4.69, 9.17) is 21.9 Å². The van der Waals surface area contributed by atoms with Crippen LogP contribution in [0.3, 0.4) is 0 Å². The first-order chi connectivity index (χ1) is 20.4. The van der Waals surface area contributed by atoms with Crippen molar-refractivity contribution in [3.8, 4) is 11.5 Å². The average Bonchev–Trinajstić information content (AvgIpc) is 3.38. The SMILES string of the molecule is Cc1cc(Oc2ccccc2C(F)(F)F)ccc1C1(N)C(=O)C(N)c2c(C(=O)NC3CCCNC3)sc3c(N)ccc1c23. The number of ketones is 1. The van der Waals surface area contributed by atoms with Crippen LogP contribution >= 0.6 is 11.3 Å². The van der Waals surface area contributed by atoms with Crippen LogP contribution in [0.15, 0.2) is 54.6 Å². The number of anilines is 1. The van der Waals surface area contributed by atoms with Gasteiger partial charge in [0, 0.05) is 29.2 Å². The number of halogens is 3. The number of alkyl halides is 3. The van der Waals surface area contributed by atoms with Gasteiger partial charge in [-0.2, -0.15) is 13.2 Å². The Balaban J connectivity index is 1.42. The van der Waals surface area contributed by atoms with E-state index in [0.29, 0.717) is 49.4 Å². The Labute approximate surface area is 249 Å². The number of nitrogen functional groups attached to an aromatic ring is 1. The number of para-hydroxylation sites is 1. The Kier molecular flexibility index (Phi) is 7.20. The van der Waals surface area contributed by atoms with E-state index in [1.165, 1.54) is 41.7 Å². The van der Waals surface area contributed by atoms with Crippen LogP contribution in [-0.2, 0) is 16.5 Å². The molecule has 43 heavy (non-hydrogen) atoms. The van der Waals surface area contributed by atoms with Crippen molar-refractivity contribution >= 4 is 38.8 Å². The van der Waals surface area contributed by atoms with Gasteiger partial charge in [0.05, 0.1) is 21.2 Å². The topological polar surface area (TPSA) is 145 Å². The maximum atomic E-state index is 14.1. The molecule has 2 aliphatic rings. The number of thiophene rings is 1. The minimum Gasteiger partial charge on any atom is -0.457 e. The maximum absolute atomic E-state index is 14.1. The second kappa shape index (κ2) is 10.6. The van der Waals surface area contributed by atoms with Crippen LogP contribution in [0, 0.1) is 6.92 Å². The van der Waals surface area contributed by atoms with Crippen LogP contribution in [0.1, 0.15) is 56.4 Å². The number of hydrogen-bond acceptors (Lipinski definition) is 8. The normalized spacial score (nSPS) is 22.0. The van der Waals surface area contributed by atoms with E-state index in [-0.39, 0.29) is 23.4 Å². The standard InChI is InChI=1S/C31H30F3N5O3S/c1-15-13-17(42-22-7-3-2-6-19(22)31(32,33)34)8-9-18(15)30(37)20-10-11-21(35)26-23(20)24(25(36)28(30)40)27(43-26)29(41)39-16-5-4-12-38-14-16/h2-3,6-11,13,16,25,38H,4-5,12,14,35-37H2,1H3,(H,39,41). The highest BCUT2D eigenvalue weighted by Gasteiger charge is 2.49. The predicted octanol–water partition coefficient (Wildman–Crippen LogP) is 4.87. The number of hydrogen-bond donors (Lipinski definition) is 5. The van der Waals surface area contributed by atoms with Crippen molar-refractivity contribution in [3.05, 3.63) is 87.3 Å². The molecule has 12 heteroatoms. The van der Waals surface area contributed by atoms with E-state index in [1.807, 2.05) is 0 Å². The van der Waals surface area contributed by atoms with Gasteiger partial charge in [0.2, 0.25) is 0 Å². The summed E-state index contributed by atoms with van der Waals surface area (Å²) in [6.07, 6.45) is -2.82. The smallest absolute Gasteiger partial charge is 0.419 e. The molecule has 0 spiro atoms. The number of carbonyl (C=O) groups excluding carboxylic acids is 2. The third-order valence-corrected chi connectivity index (χ3v) is 9.45. The molecule has 1 saturated heterocycles. The monoisotopic (exact) mass is 609 g/mol. The van der Waals surface area contributed by atoms with E-state index >= 15 is 0 Å². The van der Waals surface area contributed by atoms with E-state index < -0.39 is 29.1 Å². The van der Waals surface area contributed by atoms with Crippen molar-refractivity contribution in [2.75, 3.05) is 18.8 Å². The van der Waals surface area contributed by atoms with Gasteiger partial charge in [-0.1, -0.05) is 24.3 Å². The minimum atomic E-state index is -4.60. The van der Waals surface area contributed by atoms with Crippen LogP contribution in [0.2, 0.25) is 0 Å².